The number of ether oxygens (including phenoxy) is 2. The summed E-state index contributed by atoms with van der Waals surface area (Å²) >= 11 is 0. The number of aromatic nitrogens is 2. The third-order valence-corrected chi connectivity index (χ3v) is 6.88. The van der Waals surface area contributed by atoms with Gasteiger partial charge < -0.3 is 24.4 Å². The van der Waals surface area contributed by atoms with Crippen molar-refractivity contribution in [1.29, 1.82) is 0 Å². The van der Waals surface area contributed by atoms with Crippen molar-refractivity contribution in [3.8, 4) is 17.0 Å². The van der Waals surface area contributed by atoms with Crippen LogP contribution in [0, 0.1) is 5.92 Å². The van der Waals surface area contributed by atoms with Crippen molar-refractivity contribution in [2.45, 2.75) is 26.0 Å². The monoisotopic (exact) mass is 497 g/mol. The molecule has 0 aromatic carbocycles. The molecule has 0 saturated carbocycles. The van der Waals surface area contributed by atoms with Crippen molar-refractivity contribution < 1.29 is 24.2 Å². The van der Waals surface area contributed by atoms with Crippen LogP contribution in [0.15, 0.2) is 36.8 Å². The molecule has 0 bridgehead atoms. The summed E-state index contributed by atoms with van der Waals surface area (Å²) < 4.78 is 11.7. The Kier molecular flexibility index (Phi) is 8.50. The fourth-order valence-corrected chi connectivity index (χ4v) is 4.47. The molecule has 1 fully saturated rings. The molecule has 2 amide bonds. The SMILES string of the molecule is C[C@@H]1CN([C@H](C)CO)C(=O)c2cc(-c3ccncc3)cnc2O[C@@H]1CN(C)C(=O)CN1CCOCC1. The molecule has 1 saturated heterocycles. The minimum Gasteiger partial charge on any atom is -0.472 e. The summed E-state index contributed by atoms with van der Waals surface area (Å²) in [6.45, 7) is 7.47. The lowest BCUT2D eigenvalue weighted by Crippen LogP contribution is -2.51. The van der Waals surface area contributed by atoms with Gasteiger partial charge in [0.05, 0.1) is 39.0 Å². The van der Waals surface area contributed by atoms with Crippen LogP contribution in [0.25, 0.3) is 11.1 Å². The lowest BCUT2D eigenvalue weighted by molar-refractivity contribution is -0.133. The number of amides is 2. The lowest BCUT2D eigenvalue weighted by atomic mass is 9.99. The maximum absolute atomic E-state index is 13.6. The standard InChI is InChI=1S/C26H35N5O5/c1-18-14-31(19(2)17-32)26(34)22-12-21(20-4-6-27-7-5-20)13-28-25(22)36-23(18)15-29(3)24(33)16-30-8-10-35-11-9-30/h4-7,12-13,18-19,23,32H,8-11,14-17H2,1-3H3/t18-,19-,23-/m1/s1. The summed E-state index contributed by atoms with van der Waals surface area (Å²) in [6, 6.07) is 5.10. The Morgan fingerprint density at radius 1 is 1.25 bits per heavy atom. The summed E-state index contributed by atoms with van der Waals surface area (Å²) in [6.07, 6.45) is 4.67. The van der Waals surface area contributed by atoms with Gasteiger partial charge in [0, 0.05) is 56.8 Å². The Bertz CT molecular complexity index is 1050. The van der Waals surface area contributed by atoms with Crippen LogP contribution in [0.2, 0.25) is 0 Å². The van der Waals surface area contributed by atoms with E-state index in [9.17, 15) is 14.7 Å². The molecule has 0 aliphatic carbocycles. The van der Waals surface area contributed by atoms with Crippen LogP contribution < -0.4 is 4.74 Å². The number of nitrogens with zero attached hydrogens (tertiary/aromatic N) is 5. The van der Waals surface area contributed by atoms with Crippen LogP contribution in [0.4, 0.5) is 0 Å². The molecule has 36 heavy (non-hydrogen) atoms. The average Bonchev–Trinajstić information content (AvgIpc) is 2.91. The quantitative estimate of drug-likeness (QED) is 0.607. The molecular formula is C26H35N5O5. The minimum atomic E-state index is -0.386. The predicted octanol–water partition coefficient (Wildman–Crippen LogP) is 1.15. The van der Waals surface area contributed by atoms with Gasteiger partial charge in [-0.2, -0.15) is 0 Å². The summed E-state index contributed by atoms with van der Waals surface area (Å²) in [4.78, 5) is 40.5. The Hall–Kier alpha value is -3.08. The van der Waals surface area contributed by atoms with Gasteiger partial charge in [-0.3, -0.25) is 19.5 Å². The van der Waals surface area contributed by atoms with Gasteiger partial charge in [0.25, 0.3) is 5.91 Å². The molecule has 0 unspecified atom stereocenters. The smallest absolute Gasteiger partial charge is 0.259 e. The highest BCUT2D eigenvalue weighted by molar-refractivity contribution is 5.98. The maximum Gasteiger partial charge on any atom is 0.259 e. The molecule has 2 aromatic heterocycles. The van der Waals surface area contributed by atoms with Crippen LogP contribution in [0.3, 0.4) is 0 Å². The van der Waals surface area contributed by atoms with Crippen LogP contribution in [-0.2, 0) is 9.53 Å². The zero-order chi connectivity index (χ0) is 25.7. The van der Waals surface area contributed by atoms with Gasteiger partial charge in [0.2, 0.25) is 11.8 Å². The molecule has 2 aliphatic heterocycles. The summed E-state index contributed by atoms with van der Waals surface area (Å²) in [5.41, 5.74) is 1.99. The first kappa shape index (κ1) is 26.0. The predicted molar refractivity (Wildman–Crippen MR) is 134 cm³/mol. The third-order valence-electron chi connectivity index (χ3n) is 6.88. The molecule has 0 spiro atoms. The molecule has 2 aliphatic rings. The van der Waals surface area contributed by atoms with Crippen molar-refractivity contribution in [3.63, 3.8) is 0 Å². The van der Waals surface area contributed by atoms with Crippen molar-refractivity contribution in [3.05, 3.63) is 42.4 Å². The normalized spacial score (nSPS) is 21.7. The van der Waals surface area contributed by atoms with Crippen molar-refractivity contribution in [2.24, 2.45) is 5.92 Å². The zero-order valence-electron chi connectivity index (χ0n) is 21.2. The van der Waals surface area contributed by atoms with E-state index in [0.29, 0.717) is 38.4 Å². The van der Waals surface area contributed by atoms with Crippen molar-refractivity contribution in [2.75, 3.05) is 59.6 Å². The van der Waals surface area contributed by atoms with E-state index in [1.165, 1.54) is 0 Å². The maximum atomic E-state index is 13.6. The Labute approximate surface area is 211 Å². The van der Waals surface area contributed by atoms with E-state index in [2.05, 4.69) is 14.9 Å². The van der Waals surface area contributed by atoms with Crippen LogP contribution in [0.1, 0.15) is 24.2 Å². The topological polar surface area (TPSA) is 108 Å². The highest BCUT2D eigenvalue weighted by Gasteiger charge is 2.35. The lowest BCUT2D eigenvalue weighted by Gasteiger charge is -2.38. The number of aliphatic hydroxyl groups excluding tert-OH is 1. The number of fused-ring (bicyclic) bond motifs is 1. The van der Waals surface area contributed by atoms with Gasteiger partial charge >= 0.3 is 0 Å². The van der Waals surface area contributed by atoms with Crippen LogP contribution in [0.5, 0.6) is 5.88 Å². The molecule has 10 heteroatoms. The number of carbonyl (C=O) groups is 2. The number of aliphatic hydroxyl groups is 1. The fourth-order valence-electron chi connectivity index (χ4n) is 4.47. The number of pyridine rings is 2. The summed E-state index contributed by atoms with van der Waals surface area (Å²) in [7, 11) is 1.78. The second-order valence-corrected chi connectivity index (χ2v) is 9.60. The molecule has 0 radical (unpaired) electrons. The Morgan fingerprint density at radius 2 is 1.97 bits per heavy atom. The first-order valence-corrected chi connectivity index (χ1v) is 12.4. The van der Waals surface area contributed by atoms with Gasteiger partial charge in [-0.15, -0.1) is 0 Å². The average molecular weight is 498 g/mol. The van der Waals surface area contributed by atoms with E-state index in [1.54, 1.807) is 41.5 Å². The summed E-state index contributed by atoms with van der Waals surface area (Å²) in [5.74, 6) is -0.0976. The highest BCUT2D eigenvalue weighted by atomic mass is 16.5. The highest BCUT2D eigenvalue weighted by Crippen LogP contribution is 2.30. The minimum absolute atomic E-state index is 0.00707. The number of rotatable bonds is 7. The van der Waals surface area contributed by atoms with Crippen molar-refractivity contribution in [1.82, 2.24) is 24.7 Å². The van der Waals surface area contributed by atoms with E-state index in [-0.39, 0.29) is 42.4 Å². The van der Waals surface area contributed by atoms with Gasteiger partial charge in [-0.05, 0) is 30.7 Å². The van der Waals surface area contributed by atoms with Crippen LogP contribution in [-0.4, -0.2) is 113 Å². The zero-order valence-corrected chi connectivity index (χ0v) is 21.2. The van der Waals surface area contributed by atoms with E-state index in [0.717, 1.165) is 24.2 Å². The fraction of sp³-hybridized carbons (Fsp3) is 0.538. The Morgan fingerprint density at radius 3 is 2.67 bits per heavy atom. The molecule has 4 rings (SSSR count). The van der Waals surface area contributed by atoms with E-state index >= 15 is 0 Å². The number of carbonyl (C=O) groups excluding carboxylic acids is 2. The second kappa shape index (κ2) is 11.8. The number of hydrogen-bond donors (Lipinski definition) is 1. The van der Waals surface area contributed by atoms with Gasteiger partial charge in [0.15, 0.2) is 0 Å². The molecule has 10 nitrogen and oxygen atoms in total. The Balaban J connectivity index is 1.59. The van der Waals surface area contributed by atoms with E-state index in [1.807, 2.05) is 26.0 Å². The second-order valence-electron chi connectivity index (χ2n) is 9.60. The molecule has 2 aromatic rings. The molecule has 194 valence electrons. The molecule has 1 N–H and O–H groups in total. The number of hydrogen-bond acceptors (Lipinski definition) is 8. The molecular weight excluding hydrogens is 462 g/mol. The van der Waals surface area contributed by atoms with Gasteiger partial charge in [-0.1, -0.05) is 6.92 Å². The first-order valence-electron chi connectivity index (χ1n) is 12.4. The molecule has 4 heterocycles. The third kappa shape index (κ3) is 6.00. The van der Waals surface area contributed by atoms with Crippen LogP contribution >= 0.6 is 0 Å². The molecule has 3 atom stereocenters. The summed E-state index contributed by atoms with van der Waals surface area (Å²) in [5, 5.41) is 9.86. The van der Waals surface area contributed by atoms with E-state index < -0.39 is 0 Å². The largest absolute Gasteiger partial charge is 0.472 e. The first-order chi connectivity index (χ1) is 17.4. The number of likely N-dealkylation sites (N-methyl/N-ethyl adjacent to an activating group) is 1. The van der Waals surface area contributed by atoms with Gasteiger partial charge in [0.1, 0.15) is 11.7 Å². The van der Waals surface area contributed by atoms with Crippen molar-refractivity contribution >= 4 is 11.8 Å². The number of morpholine rings is 1. The van der Waals surface area contributed by atoms with E-state index in [4.69, 9.17) is 9.47 Å². The van der Waals surface area contributed by atoms with Gasteiger partial charge in [-0.25, -0.2) is 4.98 Å².